The van der Waals surface area contributed by atoms with E-state index in [2.05, 4.69) is 15.3 Å². The van der Waals surface area contributed by atoms with Crippen LogP contribution in [0.5, 0.6) is 0 Å². The first-order valence-corrected chi connectivity index (χ1v) is 12.2. The van der Waals surface area contributed by atoms with Crippen LogP contribution >= 0.6 is 8.30 Å². The second kappa shape index (κ2) is 11.8. The van der Waals surface area contributed by atoms with E-state index in [1.54, 1.807) is 0 Å². The highest BCUT2D eigenvalue weighted by Crippen LogP contribution is 2.36. The van der Waals surface area contributed by atoms with Crippen molar-refractivity contribution in [2.24, 2.45) is 11.8 Å². The van der Waals surface area contributed by atoms with Crippen LogP contribution in [0.2, 0.25) is 0 Å². The van der Waals surface area contributed by atoms with Gasteiger partial charge in [-0.1, -0.05) is 13.8 Å². The molecule has 0 aliphatic carbocycles. The first kappa shape index (κ1) is 27.8. The zero-order valence-corrected chi connectivity index (χ0v) is 19.5. The van der Waals surface area contributed by atoms with Gasteiger partial charge in [-0.2, -0.15) is 26.3 Å². The smallest absolute Gasteiger partial charge is 0.359 e. The molecule has 0 radical (unpaired) electrons. The zero-order valence-electron chi connectivity index (χ0n) is 18.6. The normalized spacial score (nSPS) is 17.4. The SMILES string of the molecule is CC(C)CP(O)NCCN1CCC(CNC(=O)c2cc(C(F)(F)F)cc(C(F)(F)F)c2)CC1. The van der Waals surface area contributed by atoms with Gasteiger partial charge in [0.15, 0.2) is 0 Å². The van der Waals surface area contributed by atoms with Gasteiger partial charge in [-0.3, -0.25) is 9.88 Å². The molecule has 2 rings (SSSR count). The summed E-state index contributed by atoms with van der Waals surface area (Å²) in [5.74, 6) is -0.461. The van der Waals surface area contributed by atoms with Crippen molar-refractivity contribution in [2.45, 2.75) is 39.0 Å². The van der Waals surface area contributed by atoms with Gasteiger partial charge in [-0.25, -0.2) is 0 Å². The summed E-state index contributed by atoms with van der Waals surface area (Å²) in [4.78, 5) is 24.4. The number of halogens is 6. The maximum Gasteiger partial charge on any atom is 0.416 e. The summed E-state index contributed by atoms with van der Waals surface area (Å²) in [6, 6.07) is 0.884. The Balaban J connectivity index is 1.84. The number of carbonyl (C=O) groups excluding carboxylic acids is 1. The summed E-state index contributed by atoms with van der Waals surface area (Å²) in [7, 11) is -1.18. The van der Waals surface area contributed by atoms with Gasteiger partial charge in [0.1, 0.15) is 0 Å². The lowest BCUT2D eigenvalue weighted by atomic mass is 9.96. The summed E-state index contributed by atoms with van der Waals surface area (Å²) < 4.78 is 77.9. The van der Waals surface area contributed by atoms with Crippen molar-refractivity contribution in [3.05, 3.63) is 34.9 Å². The van der Waals surface area contributed by atoms with Crippen LogP contribution in [0.25, 0.3) is 0 Å². The van der Waals surface area contributed by atoms with Gasteiger partial charge in [0.2, 0.25) is 0 Å². The maximum absolute atomic E-state index is 13.0. The minimum absolute atomic E-state index is 0.00432. The van der Waals surface area contributed by atoms with Crippen LogP contribution in [0.4, 0.5) is 26.3 Å². The number of likely N-dealkylation sites (tertiary alicyclic amines) is 1. The Hall–Kier alpha value is -1.42. The Kier molecular flexibility index (Phi) is 9.96. The second-order valence-corrected chi connectivity index (χ2v) is 10.2. The van der Waals surface area contributed by atoms with Crippen molar-refractivity contribution in [3.8, 4) is 0 Å². The van der Waals surface area contributed by atoms with E-state index in [0.717, 1.165) is 38.6 Å². The summed E-state index contributed by atoms with van der Waals surface area (Å²) in [5, 5.41) is 5.60. The molecule has 0 bridgehead atoms. The molecule has 12 heteroatoms. The molecule has 1 fully saturated rings. The maximum atomic E-state index is 13.0. The molecule has 0 aromatic heterocycles. The van der Waals surface area contributed by atoms with E-state index in [4.69, 9.17) is 0 Å². The average molecular weight is 501 g/mol. The third-order valence-corrected chi connectivity index (χ3v) is 7.03. The minimum Gasteiger partial charge on any atom is -0.359 e. The molecule has 3 N–H and O–H groups in total. The fourth-order valence-electron chi connectivity index (χ4n) is 3.59. The van der Waals surface area contributed by atoms with Gasteiger partial charge < -0.3 is 15.1 Å². The van der Waals surface area contributed by atoms with Crippen LogP contribution in [0.3, 0.4) is 0 Å². The first-order valence-electron chi connectivity index (χ1n) is 10.8. The van der Waals surface area contributed by atoms with Crippen molar-refractivity contribution in [2.75, 3.05) is 38.9 Å². The zero-order chi connectivity index (χ0) is 24.8. The molecule has 1 amide bonds. The lowest BCUT2D eigenvalue weighted by molar-refractivity contribution is -0.143. The van der Waals surface area contributed by atoms with Crippen LogP contribution < -0.4 is 10.4 Å². The van der Waals surface area contributed by atoms with E-state index in [0.29, 0.717) is 24.6 Å². The number of piperidine rings is 1. The van der Waals surface area contributed by atoms with Gasteiger partial charge in [-0.05, 0) is 56.0 Å². The predicted molar refractivity (Wildman–Crippen MR) is 115 cm³/mol. The molecule has 5 nitrogen and oxygen atoms in total. The largest absolute Gasteiger partial charge is 0.416 e. The minimum atomic E-state index is -5.00. The monoisotopic (exact) mass is 501 g/mol. The van der Waals surface area contributed by atoms with Gasteiger partial charge >= 0.3 is 12.4 Å². The molecule has 1 heterocycles. The lowest BCUT2D eigenvalue weighted by Crippen LogP contribution is -2.40. The molecule has 0 spiro atoms. The summed E-state index contributed by atoms with van der Waals surface area (Å²) >= 11 is 0. The third-order valence-electron chi connectivity index (χ3n) is 5.37. The average Bonchev–Trinajstić information content (AvgIpc) is 2.70. The molecular formula is C21H30F6N3O2P. The van der Waals surface area contributed by atoms with Gasteiger partial charge in [0.05, 0.1) is 19.4 Å². The number of nitrogens with zero attached hydrogens (tertiary/aromatic N) is 1. The molecular weight excluding hydrogens is 471 g/mol. The second-order valence-electron chi connectivity index (χ2n) is 8.67. The van der Waals surface area contributed by atoms with Gasteiger partial charge in [0.25, 0.3) is 5.91 Å². The van der Waals surface area contributed by atoms with Crippen LogP contribution in [-0.2, 0) is 12.4 Å². The topological polar surface area (TPSA) is 64.6 Å². The molecule has 0 saturated carbocycles. The summed E-state index contributed by atoms with van der Waals surface area (Å²) in [5.41, 5.74) is -3.68. The number of hydrogen-bond acceptors (Lipinski definition) is 4. The molecule has 1 aliphatic rings. The number of hydrogen-bond donors (Lipinski definition) is 3. The first-order chi connectivity index (χ1) is 15.3. The Morgan fingerprint density at radius 3 is 2.12 bits per heavy atom. The molecule has 188 valence electrons. The fraction of sp³-hybridized carbons (Fsp3) is 0.667. The molecule has 1 aromatic carbocycles. The predicted octanol–water partition coefficient (Wildman–Crippen LogP) is 4.72. The number of alkyl halides is 6. The van der Waals surface area contributed by atoms with Crippen molar-refractivity contribution < 1.29 is 36.0 Å². The van der Waals surface area contributed by atoms with E-state index in [1.807, 2.05) is 13.8 Å². The molecule has 33 heavy (non-hydrogen) atoms. The Labute approximate surface area is 190 Å². The van der Waals surface area contributed by atoms with Crippen LogP contribution in [0, 0.1) is 11.8 Å². The number of rotatable bonds is 9. The Morgan fingerprint density at radius 2 is 1.64 bits per heavy atom. The van der Waals surface area contributed by atoms with Crippen molar-refractivity contribution in [3.63, 3.8) is 0 Å². The standard InChI is InChI=1S/C21H30F6N3O2P/c1-14(2)13-33(32)29-5-8-30-6-3-15(4-7-30)12-28-19(31)16-9-17(20(22,23)24)11-18(10-16)21(25,26)27/h9-11,14-15,29,32H,3-8,12-13H2,1-2H3,(H,28,31). The van der Waals surface area contributed by atoms with Gasteiger partial charge in [0, 0.05) is 31.4 Å². The van der Waals surface area contributed by atoms with E-state index < -0.39 is 43.2 Å². The van der Waals surface area contributed by atoms with Crippen LogP contribution in [0.15, 0.2) is 18.2 Å². The Bertz CT molecular complexity index is 748. The van der Waals surface area contributed by atoms with Crippen LogP contribution in [-0.4, -0.2) is 54.6 Å². The van der Waals surface area contributed by atoms with E-state index in [9.17, 15) is 36.0 Å². The third kappa shape index (κ3) is 9.39. The number of carbonyl (C=O) groups is 1. The number of amides is 1. The van der Waals surface area contributed by atoms with Crippen molar-refractivity contribution in [1.29, 1.82) is 0 Å². The molecule has 1 aromatic rings. The Morgan fingerprint density at radius 1 is 1.09 bits per heavy atom. The number of benzene rings is 1. The molecule has 1 aliphatic heterocycles. The highest BCUT2D eigenvalue weighted by Gasteiger charge is 2.37. The van der Waals surface area contributed by atoms with Crippen LogP contribution in [0.1, 0.15) is 48.2 Å². The quantitative estimate of drug-likeness (QED) is 0.339. The molecule has 1 unspecified atom stereocenters. The fourth-order valence-corrected chi connectivity index (χ4v) is 4.77. The van der Waals surface area contributed by atoms with Crippen molar-refractivity contribution >= 4 is 14.2 Å². The molecule has 1 saturated heterocycles. The van der Waals surface area contributed by atoms with Gasteiger partial charge in [-0.15, -0.1) is 0 Å². The van der Waals surface area contributed by atoms with E-state index in [-0.39, 0.29) is 18.5 Å². The molecule has 1 atom stereocenters. The highest BCUT2D eigenvalue weighted by atomic mass is 31.2. The number of nitrogens with one attached hydrogen (secondary N) is 2. The summed E-state index contributed by atoms with van der Waals surface area (Å²) in [6.45, 7) is 7.21. The summed E-state index contributed by atoms with van der Waals surface area (Å²) in [6.07, 6.45) is -7.77. The highest BCUT2D eigenvalue weighted by molar-refractivity contribution is 7.49. The lowest BCUT2D eigenvalue weighted by Gasteiger charge is -2.32. The van der Waals surface area contributed by atoms with E-state index in [1.165, 1.54) is 0 Å². The van der Waals surface area contributed by atoms with E-state index >= 15 is 0 Å². The van der Waals surface area contributed by atoms with Crippen molar-refractivity contribution in [1.82, 2.24) is 15.3 Å².